The molecule has 0 saturated carbocycles. The molecule has 0 radical (unpaired) electrons. The van der Waals surface area contributed by atoms with Crippen LogP contribution in [0.2, 0.25) is 10.0 Å². The molecule has 3 aromatic carbocycles. The number of carbonyl (C=O) groups excluding carboxylic acids is 2. The van der Waals surface area contributed by atoms with Crippen LogP contribution in [0.25, 0.3) is 0 Å². The molecule has 4 rings (SSSR count). The molecular weight excluding hydrogens is 527 g/mol. The van der Waals surface area contributed by atoms with Crippen LogP contribution < -0.4 is 10.1 Å². The Morgan fingerprint density at radius 2 is 1.74 bits per heavy atom. The van der Waals surface area contributed by atoms with Crippen LogP contribution in [0.5, 0.6) is 5.75 Å². The number of ether oxygens (including phenoxy) is 2. The number of methoxy groups -OCH3 is 2. The van der Waals surface area contributed by atoms with Gasteiger partial charge in [0.15, 0.2) is 0 Å². The summed E-state index contributed by atoms with van der Waals surface area (Å²) in [7, 11) is 3.06. The first-order chi connectivity index (χ1) is 18.4. The van der Waals surface area contributed by atoms with Crippen LogP contribution in [-0.2, 0) is 9.53 Å². The number of amides is 3. The van der Waals surface area contributed by atoms with Gasteiger partial charge in [-0.05, 0) is 35.9 Å². The fourth-order valence-electron chi connectivity index (χ4n) is 4.17. The predicted octanol–water partition coefficient (Wildman–Crippen LogP) is 5.86. The van der Waals surface area contributed by atoms with Crippen molar-refractivity contribution in [3.8, 4) is 5.75 Å². The summed E-state index contributed by atoms with van der Waals surface area (Å²) in [6.45, 7) is 0.235. The number of urea groups is 1. The molecule has 0 fully saturated rings. The number of anilines is 1. The maximum atomic E-state index is 13.7. The lowest BCUT2D eigenvalue weighted by atomic mass is 9.98. The molecule has 1 aliphatic heterocycles. The van der Waals surface area contributed by atoms with Crippen molar-refractivity contribution in [3.63, 3.8) is 0 Å². The van der Waals surface area contributed by atoms with E-state index >= 15 is 0 Å². The number of nitrogens with one attached hydrogen (secondary N) is 1. The average Bonchev–Trinajstić information content (AvgIpc) is 3.37. The van der Waals surface area contributed by atoms with Crippen LogP contribution in [0.1, 0.15) is 23.6 Å². The Balaban J connectivity index is 1.60. The number of benzene rings is 3. The van der Waals surface area contributed by atoms with Gasteiger partial charge in [0.1, 0.15) is 12.3 Å². The summed E-state index contributed by atoms with van der Waals surface area (Å²) >= 11 is 12.5. The molecule has 0 spiro atoms. The molecule has 1 heterocycles. The summed E-state index contributed by atoms with van der Waals surface area (Å²) in [6.07, 6.45) is 0.461. The zero-order valence-electron chi connectivity index (χ0n) is 21.1. The molecule has 0 saturated heterocycles. The van der Waals surface area contributed by atoms with Crippen molar-refractivity contribution in [2.75, 3.05) is 39.2 Å². The highest BCUT2D eigenvalue weighted by Gasteiger charge is 2.35. The lowest BCUT2D eigenvalue weighted by Crippen LogP contribution is -2.44. The third-order valence-corrected chi connectivity index (χ3v) is 6.71. The maximum absolute atomic E-state index is 13.7. The van der Waals surface area contributed by atoms with Crippen molar-refractivity contribution in [2.45, 2.75) is 12.5 Å². The number of hydrazone groups is 1. The summed E-state index contributed by atoms with van der Waals surface area (Å²) in [4.78, 5) is 28.3. The molecule has 1 N–H and O–H groups in total. The smallest absolute Gasteiger partial charge is 0.322 e. The SMILES string of the molecule is COCCN(CC(=O)N1N=C(c2ccccc2Cl)C[C@@H]1c1ccc(Cl)cc1)C(=O)Nc1ccccc1OC. The van der Waals surface area contributed by atoms with Crippen LogP contribution in [0.4, 0.5) is 10.5 Å². The van der Waals surface area contributed by atoms with Crippen LogP contribution in [-0.4, -0.2) is 61.5 Å². The van der Waals surface area contributed by atoms with Gasteiger partial charge in [-0.1, -0.05) is 65.7 Å². The summed E-state index contributed by atoms with van der Waals surface area (Å²) in [6, 6.07) is 20.9. The minimum atomic E-state index is -0.461. The van der Waals surface area contributed by atoms with E-state index in [-0.39, 0.29) is 31.6 Å². The van der Waals surface area contributed by atoms with Crippen LogP contribution in [0.15, 0.2) is 77.9 Å². The molecule has 8 nitrogen and oxygen atoms in total. The van der Waals surface area contributed by atoms with Crippen molar-refractivity contribution in [2.24, 2.45) is 5.10 Å². The van der Waals surface area contributed by atoms with Gasteiger partial charge in [-0.15, -0.1) is 0 Å². The normalized spacial score (nSPS) is 14.7. The maximum Gasteiger partial charge on any atom is 0.322 e. The Labute approximate surface area is 231 Å². The number of halogens is 2. The van der Waals surface area contributed by atoms with E-state index in [1.54, 1.807) is 42.5 Å². The van der Waals surface area contributed by atoms with Gasteiger partial charge < -0.3 is 19.7 Å². The van der Waals surface area contributed by atoms with E-state index in [1.165, 1.54) is 24.1 Å². The minimum absolute atomic E-state index is 0.198. The number of carbonyl (C=O) groups is 2. The van der Waals surface area contributed by atoms with E-state index in [4.69, 9.17) is 32.7 Å². The molecule has 3 amide bonds. The lowest BCUT2D eigenvalue weighted by molar-refractivity contribution is -0.133. The molecular formula is C28H28Cl2N4O4. The van der Waals surface area contributed by atoms with E-state index in [0.717, 1.165) is 11.1 Å². The number of hydrogen-bond donors (Lipinski definition) is 1. The Bertz CT molecular complexity index is 1320. The topological polar surface area (TPSA) is 83.5 Å². The molecule has 0 unspecified atom stereocenters. The van der Waals surface area contributed by atoms with Crippen molar-refractivity contribution < 1.29 is 19.1 Å². The average molecular weight is 555 g/mol. The monoisotopic (exact) mass is 554 g/mol. The van der Waals surface area contributed by atoms with Crippen molar-refractivity contribution in [1.29, 1.82) is 0 Å². The zero-order valence-corrected chi connectivity index (χ0v) is 22.6. The van der Waals surface area contributed by atoms with Crippen LogP contribution in [0.3, 0.4) is 0 Å². The van der Waals surface area contributed by atoms with Crippen molar-refractivity contribution >= 4 is 46.5 Å². The largest absolute Gasteiger partial charge is 0.495 e. The highest BCUT2D eigenvalue weighted by Crippen LogP contribution is 2.35. The van der Waals surface area contributed by atoms with Gasteiger partial charge in [-0.2, -0.15) is 5.10 Å². The van der Waals surface area contributed by atoms with Gasteiger partial charge in [0.05, 0.1) is 31.2 Å². The highest BCUT2D eigenvalue weighted by atomic mass is 35.5. The summed E-state index contributed by atoms with van der Waals surface area (Å²) in [5.74, 6) is 0.161. The molecule has 0 aliphatic carbocycles. The van der Waals surface area contributed by atoms with E-state index in [1.807, 2.05) is 30.3 Å². The summed E-state index contributed by atoms with van der Waals surface area (Å²) in [5.41, 5.74) is 2.81. The van der Waals surface area contributed by atoms with Gasteiger partial charge in [0.25, 0.3) is 5.91 Å². The Morgan fingerprint density at radius 3 is 2.45 bits per heavy atom. The second kappa shape index (κ2) is 12.8. The van der Waals surface area contributed by atoms with E-state index in [0.29, 0.717) is 33.6 Å². The zero-order chi connectivity index (χ0) is 27.1. The minimum Gasteiger partial charge on any atom is -0.495 e. The van der Waals surface area contributed by atoms with Gasteiger partial charge in [-0.25, -0.2) is 9.80 Å². The first kappa shape index (κ1) is 27.4. The number of nitrogens with zero attached hydrogens (tertiary/aromatic N) is 3. The summed E-state index contributed by atoms with van der Waals surface area (Å²) in [5, 5.41) is 10.1. The Hall–Kier alpha value is -3.59. The third-order valence-electron chi connectivity index (χ3n) is 6.13. The molecule has 1 atom stereocenters. The number of hydrogen-bond acceptors (Lipinski definition) is 5. The second-order valence-corrected chi connectivity index (χ2v) is 9.42. The molecule has 0 bridgehead atoms. The molecule has 38 heavy (non-hydrogen) atoms. The molecule has 198 valence electrons. The molecule has 3 aromatic rings. The van der Waals surface area contributed by atoms with Crippen molar-refractivity contribution in [1.82, 2.24) is 9.91 Å². The van der Waals surface area contributed by atoms with Gasteiger partial charge in [0.2, 0.25) is 0 Å². The van der Waals surface area contributed by atoms with E-state index < -0.39 is 6.03 Å². The highest BCUT2D eigenvalue weighted by molar-refractivity contribution is 6.34. The Morgan fingerprint density at radius 1 is 1.03 bits per heavy atom. The Kier molecular flexibility index (Phi) is 9.23. The molecule has 0 aromatic heterocycles. The fraction of sp³-hybridized carbons (Fsp3) is 0.250. The van der Waals surface area contributed by atoms with Crippen LogP contribution >= 0.6 is 23.2 Å². The molecule has 1 aliphatic rings. The first-order valence-electron chi connectivity index (χ1n) is 12.0. The summed E-state index contributed by atoms with van der Waals surface area (Å²) < 4.78 is 10.5. The number of para-hydroxylation sites is 2. The van der Waals surface area contributed by atoms with Gasteiger partial charge >= 0.3 is 6.03 Å². The third kappa shape index (κ3) is 6.45. The standard InChI is InChI=1S/C28H28Cl2N4O4/c1-37-16-15-33(28(36)31-23-9-5-6-10-26(23)38-2)18-27(35)34-25(19-11-13-20(29)14-12-19)17-24(32-34)21-7-3-4-8-22(21)30/h3-14,25H,15-18H2,1-2H3,(H,31,36)/t25-/m1/s1. The van der Waals surface area contributed by atoms with Crippen molar-refractivity contribution in [3.05, 3.63) is 94.0 Å². The molecule has 10 heteroatoms. The number of rotatable bonds is 9. The van der Waals surface area contributed by atoms with E-state index in [9.17, 15) is 9.59 Å². The quantitative estimate of drug-likeness (QED) is 0.359. The van der Waals surface area contributed by atoms with Crippen LogP contribution in [0, 0.1) is 0 Å². The lowest BCUT2D eigenvalue weighted by Gasteiger charge is -2.27. The van der Waals surface area contributed by atoms with E-state index in [2.05, 4.69) is 10.4 Å². The first-order valence-corrected chi connectivity index (χ1v) is 12.7. The predicted molar refractivity (Wildman–Crippen MR) is 149 cm³/mol. The fourth-order valence-corrected chi connectivity index (χ4v) is 4.55. The second-order valence-electron chi connectivity index (χ2n) is 8.58. The van der Waals surface area contributed by atoms with Gasteiger partial charge in [-0.3, -0.25) is 4.79 Å². The van der Waals surface area contributed by atoms with Gasteiger partial charge in [0, 0.05) is 35.7 Å².